The number of aliphatic hydroxyl groups excluding tert-OH is 1. The van der Waals surface area contributed by atoms with Crippen molar-refractivity contribution in [2.45, 2.75) is 31.1 Å². The number of aliphatic hydroxyl groups is 1. The van der Waals surface area contributed by atoms with E-state index in [-0.39, 0.29) is 12.0 Å². The summed E-state index contributed by atoms with van der Waals surface area (Å²) in [7, 11) is 0. The zero-order chi connectivity index (χ0) is 19.1. The molecule has 5 N–H and O–H groups in total. The van der Waals surface area contributed by atoms with Crippen molar-refractivity contribution in [3.63, 3.8) is 0 Å². The Bertz CT molecular complexity index is 649. The largest absolute Gasteiger partial charge is 0.481 e. The minimum atomic E-state index is -1.55. The summed E-state index contributed by atoms with van der Waals surface area (Å²) in [5, 5.41) is 38.4. The molecule has 0 fully saturated rings. The predicted molar refractivity (Wildman–Crippen MR) is 81.3 cm³/mol. The number of carbonyl (C=O) groups excluding carboxylic acids is 1. The van der Waals surface area contributed by atoms with Crippen LogP contribution in [0.5, 0.6) is 0 Å². The standard InChI is InChI=1S/C15H17NO9/c1-7(13(20)16-9(15(23)24)5-6-11(17)18)25-10-4-2-3-8(12(10)19)14(21)22/h2-4,9-10,12,19H,1,5-6H2,(H,16,20)(H,17,18)(H,21,22)(H,23,24)/t9-,10-,12-/m0/s1. The van der Waals surface area contributed by atoms with Crippen LogP contribution in [0.25, 0.3) is 0 Å². The van der Waals surface area contributed by atoms with E-state index >= 15 is 0 Å². The van der Waals surface area contributed by atoms with Crippen LogP contribution in [0.1, 0.15) is 12.8 Å². The SMILES string of the molecule is C=C(O[C@H]1C=CC=C(C(=O)O)[C@@H]1O)C(=O)N[C@@H](CCC(=O)O)C(=O)O. The summed E-state index contributed by atoms with van der Waals surface area (Å²) < 4.78 is 5.10. The highest BCUT2D eigenvalue weighted by atomic mass is 16.5. The molecular weight excluding hydrogens is 338 g/mol. The van der Waals surface area contributed by atoms with Crippen LogP contribution in [0.3, 0.4) is 0 Å². The maximum atomic E-state index is 11.9. The fourth-order valence-corrected chi connectivity index (χ4v) is 1.93. The van der Waals surface area contributed by atoms with Crippen molar-refractivity contribution < 1.29 is 44.3 Å². The van der Waals surface area contributed by atoms with Gasteiger partial charge in [-0.2, -0.15) is 0 Å². The van der Waals surface area contributed by atoms with E-state index in [1.54, 1.807) is 0 Å². The highest BCUT2D eigenvalue weighted by Gasteiger charge is 2.31. The molecule has 0 aliphatic heterocycles. The number of ether oxygens (including phenoxy) is 1. The van der Waals surface area contributed by atoms with Gasteiger partial charge in [-0.25, -0.2) is 9.59 Å². The molecule has 0 bridgehead atoms. The van der Waals surface area contributed by atoms with Crippen LogP contribution in [0.4, 0.5) is 0 Å². The van der Waals surface area contributed by atoms with Crippen LogP contribution in [-0.4, -0.2) is 62.5 Å². The maximum absolute atomic E-state index is 11.9. The second-order valence-corrected chi connectivity index (χ2v) is 5.06. The first-order valence-corrected chi connectivity index (χ1v) is 7.04. The van der Waals surface area contributed by atoms with Crippen LogP contribution in [0.15, 0.2) is 36.1 Å². The molecule has 1 rings (SSSR count). The van der Waals surface area contributed by atoms with Crippen molar-refractivity contribution in [3.8, 4) is 0 Å². The molecule has 0 heterocycles. The zero-order valence-corrected chi connectivity index (χ0v) is 12.9. The summed E-state index contributed by atoms with van der Waals surface area (Å²) in [6, 6.07) is -1.47. The van der Waals surface area contributed by atoms with Crippen molar-refractivity contribution in [3.05, 3.63) is 36.1 Å². The molecule has 10 nitrogen and oxygen atoms in total. The molecule has 1 aliphatic carbocycles. The number of nitrogens with one attached hydrogen (secondary N) is 1. The van der Waals surface area contributed by atoms with Crippen LogP contribution in [-0.2, 0) is 23.9 Å². The molecule has 10 heteroatoms. The third-order valence-corrected chi connectivity index (χ3v) is 3.24. The van der Waals surface area contributed by atoms with Gasteiger partial charge in [0.15, 0.2) is 5.76 Å². The van der Waals surface area contributed by atoms with E-state index in [9.17, 15) is 24.3 Å². The Morgan fingerprint density at radius 1 is 1.24 bits per heavy atom. The van der Waals surface area contributed by atoms with Gasteiger partial charge >= 0.3 is 17.9 Å². The Labute approximate surface area is 141 Å². The molecule has 0 aromatic carbocycles. The van der Waals surface area contributed by atoms with Crippen LogP contribution >= 0.6 is 0 Å². The molecule has 136 valence electrons. The fourth-order valence-electron chi connectivity index (χ4n) is 1.93. The van der Waals surface area contributed by atoms with Crippen molar-refractivity contribution in [1.29, 1.82) is 0 Å². The Kier molecular flexibility index (Phi) is 6.88. The average molecular weight is 355 g/mol. The Hall–Kier alpha value is -3.14. The summed E-state index contributed by atoms with van der Waals surface area (Å²) in [6.45, 7) is 3.31. The lowest BCUT2D eigenvalue weighted by atomic mass is 9.99. The second-order valence-electron chi connectivity index (χ2n) is 5.06. The number of hydrogen-bond donors (Lipinski definition) is 5. The molecule has 0 spiro atoms. The first-order valence-electron chi connectivity index (χ1n) is 7.04. The average Bonchev–Trinajstić information content (AvgIpc) is 2.52. The Morgan fingerprint density at radius 3 is 2.40 bits per heavy atom. The van der Waals surface area contributed by atoms with E-state index in [1.165, 1.54) is 18.2 Å². The van der Waals surface area contributed by atoms with E-state index in [2.05, 4.69) is 6.58 Å². The number of hydrogen-bond acceptors (Lipinski definition) is 6. The molecule has 0 saturated carbocycles. The molecule has 0 radical (unpaired) electrons. The van der Waals surface area contributed by atoms with Crippen molar-refractivity contribution in [2.24, 2.45) is 0 Å². The number of carboxylic acids is 3. The van der Waals surface area contributed by atoms with E-state index in [1.807, 2.05) is 5.32 Å². The zero-order valence-electron chi connectivity index (χ0n) is 12.9. The predicted octanol–water partition coefficient (Wildman–Crippen LogP) is -0.739. The van der Waals surface area contributed by atoms with E-state index in [0.717, 1.165) is 0 Å². The Morgan fingerprint density at radius 2 is 1.88 bits per heavy atom. The molecule has 0 unspecified atom stereocenters. The van der Waals surface area contributed by atoms with Crippen molar-refractivity contribution in [2.75, 3.05) is 0 Å². The quantitative estimate of drug-likeness (QED) is 0.264. The van der Waals surface area contributed by atoms with E-state index in [4.69, 9.17) is 20.1 Å². The van der Waals surface area contributed by atoms with Gasteiger partial charge in [-0.05, 0) is 18.6 Å². The number of carboxylic acid groups (broad SMARTS) is 3. The lowest BCUT2D eigenvalue weighted by Crippen LogP contribution is -2.43. The number of amides is 1. The smallest absolute Gasteiger partial charge is 0.334 e. The molecule has 3 atom stereocenters. The van der Waals surface area contributed by atoms with Gasteiger partial charge in [0.1, 0.15) is 18.2 Å². The third-order valence-electron chi connectivity index (χ3n) is 3.24. The topological polar surface area (TPSA) is 170 Å². The monoisotopic (exact) mass is 355 g/mol. The number of aliphatic carboxylic acids is 3. The molecule has 0 aromatic rings. The lowest BCUT2D eigenvalue weighted by molar-refractivity contribution is -0.143. The molecule has 1 aliphatic rings. The maximum Gasteiger partial charge on any atom is 0.334 e. The lowest BCUT2D eigenvalue weighted by Gasteiger charge is -2.25. The summed E-state index contributed by atoms with van der Waals surface area (Å²) in [5.74, 6) is -5.60. The first-order chi connectivity index (χ1) is 11.6. The summed E-state index contributed by atoms with van der Waals surface area (Å²) in [6.07, 6.45) is 0.226. The third kappa shape index (κ3) is 5.77. The number of rotatable bonds is 9. The van der Waals surface area contributed by atoms with Gasteiger partial charge in [-0.3, -0.25) is 9.59 Å². The van der Waals surface area contributed by atoms with Gasteiger partial charge in [0, 0.05) is 6.42 Å². The summed E-state index contributed by atoms with van der Waals surface area (Å²) in [5.41, 5.74) is -0.342. The van der Waals surface area contributed by atoms with Crippen LogP contribution in [0.2, 0.25) is 0 Å². The van der Waals surface area contributed by atoms with E-state index in [0.29, 0.717) is 0 Å². The van der Waals surface area contributed by atoms with Crippen LogP contribution in [0, 0.1) is 0 Å². The van der Waals surface area contributed by atoms with Gasteiger partial charge < -0.3 is 30.5 Å². The second kappa shape index (κ2) is 8.64. The minimum absolute atomic E-state index is 0.342. The van der Waals surface area contributed by atoms with Crippen LogP contribution < -0.4 is 5.32 Å². The fraction of sp³-hybridized carbons (Fsp3) is 0.333. The highest BCUT2D eigenvalue weighted by molar-refractivity contribution is 5.94. The first kappa shape index (κ1) is 19.9. The number of allylic oxidation sites excluding steroid dienone is 2. The molecule has 25 heavy (non-hydrogen) atoms. The van der Waals surface area contributed by atoms with Gasteiger partial charge in [-0.15, -0.1) is 0 Å². The molecular formula is C15H17NO9. The minimum Gasteiger partial charge on any atom is -0.481 e. The summed E-state index contributed by atoms with van der Waals surface area (Å²) in [4.78, 5) is 44.4. The van der Waals surface area contributed by atoms with E-state index < -0.39 is 54.2 Å². The van der Waals surface area contributed by atoms with Gasteiger partial charge in [0.25, 0.3) is 5.91 Å². The van der Waals surface area contributed by atoms with Gasteiger partial charge in [0.2, 0.25) is 0 Å². The van der Waals surface area contributed by atoms with Gasteiger partial charge in [-0.1, -0.05) is 12.7 Å². The normalized spacial score (nSPS) is 20.1. The molecule has 0 aromatic heterocycles. The Balaban J connectivity index is 2.67. The van der Waals surface area contributed by atoms with Crippen molar-refractivity contribution in [1.82, 2.24) is 5.32 Å². The number of carbonyl (C=O) groups is 4. The summed E-state index contributed by atoms with van der Waals surface area (Å²) >= 11 is 0. The van der Waals surface area contributed by atoms with Gasteiger partial charge in [0.05, 0.1) is 5.57 Å². The molecule has 0 saturated heterocycles. The van der Waals surface area contributed by atoms with Crippen molar-refractivity contribution >= 4 is 23.8 Å². The molecule has 1 amide bonds. The highest BCUT2D eigenvalue weighted by Crippen LogP contribution is 2.19.